The molecule has 0 N–H and O–H groups in total. The molecule has 0 aliphatic heterocycles. The molecule has 5 heteroatoms. The lowest BCUT2D eigenvalue weighted by molar-refractivity contribution is -0.139. The highest BCUT2D eigenvalue weighted by molar-refractivity contribution is 8.13. The molecule has 1 aromatic rings. The van der Waals surface area contributed by atoms with E-state index in [1.54, 1.807) is 31.2 Å². The van der Waals surface area contributed by atoms with Gasteiger partial charge in [-0.2, -0.15) is 0 Å². The lowest BCUT2D eigenvalue weighted by Crippen LogP contribution is -2.10. The average molecular weight is 240 g/mol. The van der Waals surface area contributed by atoms with Crippen molar-refractivity contribution in [2.75, 3.05) is 12.4 Å². The Labute approximate surface area is 97.9 Å². The fraction of sp³-hybridized carbons (Fsp3) is 0.273. The van der Waals surface area contributed by atoms with Crippen LogP contribution >= 0.6 is 11.8 Å². The molecule has 86 valence electrons. The number of para-hydroxylation sites is 1. The third-order valence-corrected chi connectivity index (χ3v) is 2.26. The maximum atomic E-state index is 11.3. The van der Waals surface area contributed by atoms with Gasteiger partial charge in [-0.15, -0.1) is 0 Å². The van der Waals surface area contributed by atoms with Crippen LogP contribution in [0.4, 0.5) is 4.79 Å². The fourth-order valence-electron chi connectivity index (χ4n) is 0.935. The highest BCUT2D eigenvalue weighted by atomic mass is 32.2. The molecule has 0 atom stereocenters. The summed E-state index contributed by atoms with van der Waals surface area (Å²) in [6.07, 6.45) is 0. The van der Waals surface area contributed by atoms with Crippen LogP contribution < -0.4 is 4.74 Å². The standard InChI is InChI=1S/C11H12O4S/c1-2-14-10(12)8-16-11(13)15-9-6-4-3-5-7-9/h3-7H,2,8H2,1H3. The van der Waals surface area contributed by atoms with Gasteiger partial charge >= 0.3 is 11.3 Å². The molecule has 0 aliphatic rings. The van der Waals surface area contributed by atoms with Crippen LogP contribution in [0.2, 0.25) is 0 Å². The summed E-state index contributed by atoms with van der Waals surface area (Å²) in [6, 6.07) is 8.69. The fourth-order valence-corrected chi connectivity index (χ4v) is 1.41. The molecule has 0 saturated carbocycles. The Kier molecular flexibility index (Phi) is 5.42. The number of hydrogen-bond acceptors (Lipinski definition) is 5. The molecule has 16 heavy (non-hydrogen) atoms. The second-order valence-electron chi connectivity index (χ2n) is 2.76. The first-order chi connectivity index (χ1) is 7.72. The average Bonchev–Trinajstić information content (AvgIpc) is 2.28. The Morgan fingerprint density at radius 3 is 2.56 bits per heavy atom. The molecule has 1 aromatic carbocycles. The van der Waals surface area contributed by atoms with E-state index in [0.717, 1.165) is 11.8 Å². The molecular formula is C11H12O4S. The molecule has 0 aromatic heterocycles. The summed E-state index contributed by atoms with van der Waals surface area (Å²) in [7, 11) is 0. The van der Waals surface area contributed by atoms with Gasteiger partial charge in [0.1, 0.15) is 11.5 Å². The first-order valence-electron chi connectivity index (χ1n) is 4.77. The van der Waals surface area contributed by atoms with Crippen molar-refractivity contribution in [2.45, 2.75) is 6.92 Å². The van der Waals surface area contributed by atoms with Crippen LogP contribution in [0.25, 0.3) is 0 Å². The summed E-state index contributed by atoms with van der Waals surface area (Å²) in [5.74, 6) is 0.0147. The Bertz CT molecular complexity index is 350. The summed E-state index contributed by atoms with van der Waals surface area (Å²) >= 11 is 0.784. The molecule has 4 nitrogen and oxygen atoms in total. The molecule has 0 bridgehead atoms. The van der Waals surface area contributed by atoms with Crippen LogP contribution in [-0.4, -0.2) is 23.6 Å². The number of carbonyl (C=O) groups is 2. The van der Waals surface area contributed by atoms with Gasteiger partial charge in [-0.05, 0) is 30.8 Å². The molecule has 1 rings (SSSR count). The third kappa shape index (κ3) is 4.84. The van der Waals surface area contributed by atoms with Crippen LogP contribution in [0.3, 0.4) is 0 Å². The van der Waals surface area contributed by atoms with E-state index in [2.05, 4.69) is 4.74 Å². The maximum absolute atomic E-state index is 11.3. The molecule has 0 aliphatic carbocycles. The van der Waals surface area contributed by atoms with Gasteiger partial charge in [0.05, 0.1) is 6.61 Å². The number of esters is 1. The van der Waals surface area contributed by atoms with Gasteiger partial charge in [-0.1, -0.05) is 18.2 Å². The number of thioether (sulfide) groups is 1. The van der Waals surface area contributed by atoms with Gasteiger partial charge < -0.3 is 9.47 Å². The maximum Gasteiger partial charge on any atom is 0.373 e. The lowest BCUT2D eigenvalue weighted by atomic mass is 10.3. The van der Waals surface area contributed by atoms with Gasteiger partial charge in [0.15, 0.2) is 0 Å². The predicted octanol–water partition coefficient (Wildman–Crippen LogP) is 2.48. The topological polar surface area (TPSA) is 52.6 Å². The zero-order chi connectivity index (χ0) is 11.8. The minimum absolute atomic E-state index is 0.0283. The summed E-state index contributed by atoms with van der Waals surface area (Å²) < 4.78 is 9.63. The largest absolute Gasteiger partial charge is 0.465 e. The summed E-state index contributed by atoms with van der Waals surface area (Å²) in [6.45, 7) is 2.03. The van der Waals surface area contributed by atoms with Gasteiger partial charge in [0, 0.05) is 0 Å². The third-order valence-electron chi connectivity index (χ3n) is 1.56. The number of ether oxygens (including phenoxy) is 2. The molecular weight excluding hydrogens is 228 g/mol. The second-order valence-corrected chi connectivity index (χ2v) is 3.67. The van der Waals surface area contributed by atoms with Crippen LogP contribution in [0.1, 0.15) is 6.92 Å². The Balaban J connectivity index is 2.29. The van der Waals surface area contributed by atoms with E-state index in [1.165, 1.54) is 0 Å². The Hall–Kier alpha value is -1.49. The smallest absolute Gasteiger partial charge is 0.373 e. The van der Waals surface area contributed by atoms with Crippen molar-refractivity contribution in [3.05, 3.63) is 30.3 Å². The Morgan fingerprint density at radius 1 is 1.25 bits per heavy atom. The molecule has 0 unspecified atom stereocenters. The van der Waals surface area contributed by atoms with Crippen molar-refractivity contribution in [3.8, 4) is 5.75 Å². The van der Waals surface area contributed by atoms with Crippen molar-refractivity contribution in [2.24, 2.45) is 0 Å². The van der Waals surface area contributed by atoms with Crippen molar-refractivity contribution in [1.82, 2.24) is 0 Å². The molecule has 0 radical (unpaired) electrons. The quantitative estimate of drug-likeness (QED) is 0.757. The number of rotatable bonds is 4. The van der Waals surface area contributed by atoms with E-state index in [0.29, 0.717) is 12.4 Å². The van der Waals surface area contributed by atoms with Crippen LogP contribution in [0.5, 0.6) is 5.75 Å². The highest BCUT2D eigenvalue weighted by Crippen LogP contribution is 2.13. The van der Waals surface area contributed by atoms with Gasteiger partial charge in [0.2, 0.25) is 0 Å². The molecule has 0 saturated heterocycles. The summed E-state index contributed by atoms with van der Waals surface area (Å²) in [5.41, 5.74) is 0. The monoisotopic (exact) mass is 240 g/mol. The molecule has 0 heterocycles. The van der Waals surface area contributed by atoms with Crippen molar-refractivity contribution < 1.29 is 19.1 Å². The number of hydrogen-bond donors (Lipinski definition) is 0. The lowest BCUT2D eigenvalue weighted by Gasteiger charge is -2.03. The summed E-state index contributed by atoms with van der Waals surface area (Å²) in [5, 5.41) is -0.515. The first-order valence-corrected chi connectivity index (χ1v) is 5.76. The second kappa shape index (κ2) is 6.90. The van der Waals surface area contributed by atoms with Crippen molar-refractivity contribution in [3.63, 3.8) is 0 Å². The van der Waals surface area contributed by atoms with E-state index >= 15 is 0 Å². The number of carbonyl (C=O) groups excluding carboxylic acids is 2. The van der Waals surface area contributed by atoms with Crippen molar-refractivity contribution in [1.29, 1.82) is 0 Å². The van der Waals surface area contributed by atoms with Crippen LogP contribution in [0.15, 0.2) is 30.3 Å². The molecule has 0 amide bonds. The number of benzene rings is 1. The summed E-state index contributed by atoms with van der Waals surface area (Å²) in [4.78, 5) is 22.2. The van der Waals surface area contributed by atoms with Crippen LogP contribution in [-0.2, 0) is 9.53 Å². The van der Waals surface area contributed by atoms with E-state index in [9.17, 15) is 9.59 Å². The zero-order valence-electron chi connectivity index (χ0n) is 8.84. The minimum atomic E-state index is -0.515. The molecule has 0 fully saturated rings. The molecule has 0 spiro atoms. The van der Waals surface area contributed by atoms with E-state index < -0.39 is 11.3 Å². The first kappa shape index (κ1) is 12.6. The van der Waals surface area contributed by atoms with E-state index in [4.69, 9.17) is 4.74 Å². The Morgan fingerprint density at radius 2 is 1.94 bits per heavy atom. The van der Waals surface area contributed by atoms with E-state index in [1.807, 2.05) is 6.07 Å². The van der Waals surface area contributed by atoms with Gasteiger partial charge in [0.25, 0.3) is 0 Å². The zero-order valence-corrected chi connectivity index (χ0v) is 9.66. The minimum Gasteiger partial charge on any atom is -0.465 e. The normalized spacial score (nSPS) is 9.56. The predicted molar refractivity (Wildman–Crippen MR) is 61.6 cm³/mol. The SMILES string of the molecule is CCOC(=O)CSC(=O)Oc1ccccc1. The highest BCUT2D eigenvalue weighted by Gasteiger charge is 2.09. The van der Waals surface area contributed by atoms with E-state index in [-0.39, 0.29) is 5.75 Å². The van der Waals surface area contributed by atoms with Crippen LogP contribution in [0, 0.1) is 0 Å². The van der Waals surface area contributed by atoms with Gasteiger partial charge in [-0.25, -0.2) is 4.79 Å². The van der Waals surface area contributed by atoms with Crippen molar-refractivity contribution >= 4 is 23.0 Å². The van der Waals surface area contributed by atoms with Gasteiger partial charge in [-0.3, -0.25) is 4.79 Å².